The predicted octanol–water partition coefficient (Wildman–Crippen LogP) is 3.13. The van der Waals surface area contributed by atoms with Crippen molar-refractivity contribution in [2.45, 2.75) is 19.5 Å². The number of halogens is 3. The number of aryl methyl sites for hydroxylation is 1. The Morgan fingerprint density at radius 3 is 2.48 bits per heavy atom. The Morgan fingerprint density at radius 1 is 1.24 bits per heavy atom. The lowest BCUT2D eigenvalue weighted by Gasteiger charge is -2.20. The lowest BCUT2D eigenvalue weighted by Crippen LogP contribution is -2.35. The second kappa shape index (κ2) is 5.50. The molecule has 0 bridgehead atoms. The Kier molecular flexibility index (Phi) is 3.81. The fourth-order valence-electron chi connectivity index (χ4n) is 3.20. The first-order valence-electron chi connectivity index (χ1n) is 7.72. The smallest absolute Gasteiger partial charge is 0.416 e. The van der Waals surface area contributed by atoms with Gasteiger partial charge in [-0.3, -0.25) is 9.59 Å². The highest BCUT2D eigenvalue weighted by Gasteiger charge is 2.42. The molecule has 1 amide bonds. The second-order valence-electron chi connectivity index (χ2n) is 6.70. The summed E-state index contributed by atoms with van der Waals surface area (Å²) in [7, 11) is 1.61. The standard InChI is InChI=1S/C17H17F3N2O3/c1-16(15(24)25)5-6-22(9-16)14(23)13-8-10-7-11(17(18,19)20)3-4-12(10)21(13)2/h3-4,7-8H,5-6,9H2,1-2H3,(H,24,25). The molecular weight excluding hydrogens is 337 g/mol. The van der Waals surface area contributed by atoms with Crippen LogP contribution in [0.15, 0.2) is 24.3 Å². The van der Waals surface area contributed by atoms with E-state index in [4.69, 9.17) is 0 Å². The van der Waals surface area contributed by atoms with Crippen molar-refractivity contribution >= 4 is 22.8 Å². The quantitative estimate of drug-likeness (QED) is 0.901. The number of carbonyl (C=O) groups is 2. The van der Waals surface area contributed by atoms with Crippen molar-refractivity contribution in [3.05, 3.63) is 35.5 Å². The molecule has 25 heavy (non-hydrogen) atoms. The van der Waals surface area contributed by atoms with Gasteiger partial charge in [-0.25, -0.2) is 0 Å². The molecule has 1 aliphatic rings. The van der Waals surface area contributed by atoms with Gasteiger partial charge in [0.25, 0.3) is 5.91 Å². The van der Waals surface area contributed by atoms with Gasteiger partial charge in [-0.2, -0.15) is 13.2 Å². The van der Waals surface area contributed by atoms with Crippen molar-refractivity contribution in [2.75, 3.05) is 13.1 Å². The van der Waals surface area contributed by atoms with Crippen LogP contribution in [0, 0.1) is 5.41 Å². The lowest BCUT2D eigenvalue weighted by molar-refractivity contribution is -0.147. The van der Waals surface area contributed by atoms with Gasteiger partial charge in [-0.15, -0.1) is 0 Å². The van der Waals surface area contributed by atoms with E-state index < -0.39 is 23.1 Å². The molecule has 1 atom stereocenters. The molecule has 2 aromatic rings. The molecule has 0 radical (unpaired) electrons. The van der Waals surface area contributed by atoms with E-state index in [9.17, 15) is 27.9 Å². The first-order chi connectivity index (χ1) is 11.5. The summed E-state index contributed by atoms with van der Waals surface area (Å²) in [5.74, 6) is -1.34. The normalized spacial score (nSPS) is 21.1. The van der Waals surface area contributed by atoms with E-state index in [0.29, 0.717) is 23.9 Å². The summed E-state index contributed by atoms with van der Waals surface area (Å²) in [6, 6.07) is 4.75. The van der Waals surface area contributed by atoms with Gasteiger partial charge in [0, 0.05) is 31.0 Å². The summed E-state index contributed by atoms with van der Waals surface area (Å²) >= 11 is 0. The SMILES string of the molecule is Cn1c(C(=O)N2CCC(C)(C(=O)O)C2)cc2cc(C(F)(F)F)ccc21. The number of hydrogen-bond donors (Lipinski definition) is 1. The second-order valence-corrected chi connectivity index (χ2v) is 6.70. The summed E-state index contributed by atoms with van der Waals surface area (Å²) in [6.07, 6.45) is -4.11. The number of aliphatic carboxylic acids is 1. The van der Waals surface area contributed by atoms with E-state index >= 15 is 0 Å². The van der Waals surface area contributed by atoms with Crippen LogP contribution in [0.25, 0.3) is 10.9 Å². The zero-order valence-electron chi connectivity index (χ0n) is 13.7. The fourth-order valence-corrected chi connectivity index (χ4v) is 3.20. The van der Waals surface area contributed by atoms with Crippen molar-refractivity contribution in [1.82, 2.24) is 9.47 Å². The number of nitrogens with zero attached hydrogens (tertiary/aromatic N) is 2. The number of likely N-dealkylation sites (tertiary alicyclic amines) is 1. The Balaban J connectivity index is 1.95. The molecule has 134 valence electrons. The third kappa shape index (κ3) is 2.85. The molecule has 1 unspecified atom stereocenters. The summed E-state index contributed by atoms with van der Waals surface area (Å²) in [4.78, 5) is 25.5. The van der Waals surface area contributed by atoms with Crippen LogP contribution >= 0.6 is 0 Å². The topological polar surface area (TPSA) is 62.5 Å². The lowest BCUT2D eigenvalue weighted by atomic mass is 9.90. The molecule has 1 fully saturated rings. The number of hydrogen-bond acceptors (Lipinski definition) is 2. The minimum atomic E-state index is -4.45. The van der Waals surface area contributed by atoms with E-state index in [1.807, 2.05) is 0 Å². The van der Waals surface area contributed by atoms with Crippen LogP contribution in [0.1, 0.15) is 29.4 Å². The van der Waals surface area contributed by atoms with Crippen LogP contribution in [0.5, 0.6) is 0 Å². The van der Waals surface area contributed by atoms with Crippen molar-refractivity contribution in [3.63, 3.8) is 0 Å². The molecule has 1 aromatic carbocycles. The first-order valence-corrected chi connectivity index (χ1v) is 7.72. The highest BCUT2D eigenvalue weighted by Crippen LogP contribution is 2.34. The molecule has 0 aliphatic carbocycles. The van der Waals surface area contributed by atoms with Gasteiger partial charge in [-0.1, -0.05) is 0 Å². The van der Waals surface area contributed by atoms with Gasteiger partial charge in [0.15, 0.2) is 0 Å². The van der Waals surface area contributed by atoms with Crippen LogP contribution in [-0.4, -0.2) is 39.5 Å². The van der Waals surface area contributed by atoms with Gasteiger partial charge in [0.2, 0.25) is 0 Å². The van der Waals surface area contributed by atoms with Gasteiger partial charge in [0.1, 0.15) is 5.69 Å². The number of aromatic nitrogens is 1. The van der Waals surface area contributed by atoms with E-state index in [0.717, 1.165) is 12.1 Å². The number of fused-ring (bicyclic) bond motifs is 1. The van der Waals surface area contributed by atoms with Crippen LogP contribution in [0.2, 0.25) is 0 Å². The zero-order chi connectivity index (χ0) is 18.6. The molecule has 3 rings (SSSR count). The Morgan fingerprint density at radius 2 is 1.92 bits per heavy atom. The monoisotopic (exact) mass is 354 g/mol. The van der Waals surface area contributed by atoms with E-state index in [1.54, 1.807) is 14.0 Å². The average molecular weight is 354 g/mol. The summed E-state index contributed by atoms with van der Waals surface area (Å²) in [5.41, 5.74) is -1.02. The van der Waals surface area contributed by atoms with E-state index in [1.165, 1.54) is 21.6 Å². The maximum absolute atomic E-state index is 12.9. The van der Waals surface area contributed by atoms with Gasteiger partial charge in [0.05, 0.1) is 11.0 Å². The van der Waals surface area contributed by atoms with Crippen LogP contribution in [-0.2, 0) is 18.0 Å². The summed E-state index contributed by atoms with van der Waals surface area (Å²) in [6.45, 7) is 1.97. The minimum Gasteiger partial charge on any atom is -0.481 e. The van der Waals surface area contributed by atoms with E-state index in [2.05, 4.69) is 0 Å². The minimum absolute atomic E-state index is 0.0799. The number of carbonyl (C=O) groups excluding carboxylic acids is 1. The molecule has 0 spiro atoms. The Hall–Kier alpha value is -2.51. The summed E-state index contributed by atoms with van der Waals surface area (Å²) < 4.78 is 40.1. The average Bonchev–Trinajstić information content (AvgIpc) is 3.08. The van der Waals surface area contributed by atoms with Crippen molar-refractivity contribution in [3.8, 4) is 0 Å². The van der Waals surface area contributed by atoms with Gasteiger partial charge in [-0.05, 0) is 37.6 Å². The number of alkyl halides is 3. The maximum Gasteiger partial charge on any atom is 0.416 e. The van der Waals surface area contributed by atoms with Gasteiger partial charge >= 0.3 is 12.1 Å². The number of rotatable bonds is 2. The van der Waals surface area contributed by atoms with E-state index in [-0.39, 0.29) is 18.1 Å². The number of amides is 1. The molecule has 5 nitrogen and oxygen atoms in total. The third-order valence-electron chi connectivity index (χ3n) is 4.87. The van der Waals surface area contributed by atoms with Crippen molar-refractivity contribution in [2.24, 2.45) is 12.5 Å². The Bertz CT molecular complexity index is 872. The van der Waals surface area contributed by atoms with Gasteiger partial charge < -0.3 is 14.6 Å². The van der Waals surface area contributed by atoms with Crippen LogP contribution in [0.3, 0.4) is 0 Å². The van der Waals surface area contributed by atoms with Crippen LogP contribution in [0.4, 0.5) is 13.2 Å². The number of carboxylic acids is 1. The molecule has 0 saturated carbocycles. The zero-order valence-corrected chi connectivity index (χ0v) is 13.7. The molecule has 8 heteroatoms. The number of carboxylic acid groups (broad SMARTS) is 1. The maximum atomic E-state index is 12.9. The van der Waals surface area contributed by atoms with Crippen molar-refractivity contribution < 1.29 is 27.9 Å². The highest BCUT2D eigenvalue weighted by molar-refractivity contribution is 5.99. The molecule has 1 saturated heterocycles. The number of benzene rings is 1. The largest absolute Gasteiger partial charge is 0.481 e. The Labute approximate surface area is 141 Å². The fraction of sp³-hybridized carbons (Fsp3) is 0.412. The third-order valence-corrected chi connectivity index (χ3v) is 4.87. The molecule has 1 aromatic heterocycles. The van der Waals surface area contributed by atoms with Crippen molar-refractivity contribution in [1.29, 1.82) is 0 Å². The van der Waals surface area contributed by atoms with Crippen LogP contribution < -0.4 is 0 Å². The summed E-state index contributed by atoms with van der Waals surface area (Å²) in [5, 5.41) is 9.59. The molecule has 1 aliphatic heterocycles. The molecule has 2 heterocycles. The predicted molar refractivity (Wildman–Crippen MR) is 84.2 cm³/mol. The first kappa shape index (κ1) is 17.3. The molecule has 1 N–H and O–H groups in total. The highest BCUT2D eigenvalue weighted by atomic mass is 19.4. The molecular formula is C17H17F3N2O3.